The van der Waals surface area contributed by atoms with E-state index in [1.165, 1.54) is 0 Å². The van der Waals surface area contributed by atoms with Gasteiger partial charge in [-0.15, -0.1) is 0 Å². The summed E-state index contributed by atoms with van der Waals surface area (Å²) in [7, 11) is 1.60. The summed E-state index contributed by atoms with van der Waals surface area (Å²) in [5.41, 5.74) is 0.905. The van der Waals surface area contributed by atoms with E-state index in [1.807, 2.05) is 12.1 Å². The molecule has 4 heteroatoms. The number of aromatic nitrogens is 1. The van der Waals surface area contributed by atoms with Crippen LogP contribution >= 0.6 is 11.6 Å². The third-order valence-corrected chi connectivity index (χ3v) is 2.76. The van der Waals surface area contributed by atoms with Crippen molar-refractivity contribution >= 4 is 17.7 Å². The molecule has 0 aromatic carbocycles. The van der Waals surface area contributed by atoms with Gasteiger partial charge in [0, 0.05) is 24.3 Å². The summed E-state index contributed by atoms with van der Waals surface area (Å²) in [6.45, 7) is 1.65. The highest BCUT2D eigenvalue weighted by Crippen LogP contribution is 2.22. The second-order valence-corrected chi connectivity index (χ2v) is 4.17. The SMILES string of the molecule is COc1ncc(Cl)cc1/C=C/C1CCOC1. The quantitative estimate of drug-likeness (QED) is 0.813. The van der Waals surface area contributed by atoms with Crippen molar-refractivity contribution in [3.63, 3.8) is 0 Å². The van der Waals surface area contributed by atoms with Crippen molar-refractivity contribution in [3.8, 4) is 5.88 Å². The number of hydrogen-bond donors (Lipinski definition) is 0. The van der Waals surface area contributed by atoms with E-state index in [4.69, 9.17) is 21.1 Å². The molecule has 0 aliphatic carbocycles. The second-order valence-electron chi connectivity index (χ2n) is 3.73. The van der Waals surface area contributed by atoms with E-state index in [9.17, 15) is 0 Å². The Morgan fingerprint density at radius 1 is 1.62 bits per heavy atom. The number of rotatable bonds is 3. The van der Waals surface area contributed by atoms with Gasteiger partial charge in [-0.2, -0.15) is 0 Å². The van der Waals surface area contributed by atoms with Crippen molar-refractivity contribution in [1.29, 1.82) is 0 Å². The molecule has 1 aromatic heterocycles. The van der Waals surface area contributed by atoms with Gasteiger partial charge in [0.05, 0.1) is 18.7 Å². The Morgan fingerprint density at radius 3 is 3.19 bits per heavy atom. The number of halogens is 1. The smallest absolute Gasteiger partial charge is 0.220 e. The summed E-state index contributed by atoms with van der Waals surface area (Å²) in [6, 6.07) is 1.85. The zero-order chi connectivity index (χ0) is 11.4. The van der Waals surface area contributed by atoms with Crippen LogP contribution in [0.3, 0.4) is 0 Å². The summed E-state index contributed by atoms with van der Waals surface area (Å²) >= 11 is 5.89. The van der Waals surface area contributed by atoms with Crippen molar-refractivity contribution < 1.29 is 9.47 Å². The molecule has 1 fully saturated rings. The molecule has 0 saturated carbocycles. The molecule has 3 nitrogen and oxygen atoms in total. The van der Waals surface area contributed by atoms with Crippen LogP contribution in [0, 0.1) is 5.92 Å². The van der Waals surface area contributed by atoms with E-state index in [-0.39, 0.29) is 0 Å². The first-order chi connectivity index (χ1) is 7.79. The van der Waals surface area contributed by atoms with Crippen LogP contribution in [0.25, 0.3) is 6.08 Å². The van der Waals surface area contributed by atoms with E-state index in [2.05, 4.69) is 11.1 Å². The molecule has 1 atom stereocenters. The monoisotopic (exact) mass is 239 g/mol. The first-order valence-electron chi connectivity index (χ1n) is 5.25. The lowest BCUT2D eigenvalue weighted by atomic mass is 10.1. The maximum atomic E-state index is 5.89. The number of pyridine rings is 1. The number of nitrogens with zero attached hydrogens (tertiary/aromatic N) is 1. The second kappa shape index (κ2) is 5.32. The molecule has 0 bridgehead atoms. The van der Waals surface area contributed by atoms with Gasteiger partial charge in [-0.1, -0.05) is 23.8 Å². The maximum Gasteiger partial charge on any atom is 0.220 e. The zero-order valence-electron chi connectivity index (χ0n) is 9.15. The largest absolute Gasteiger partial charge is 0.481 e. The predicted octanol–water partition coefficient (Wildman–Crippen LogP) is 2.79. The molecule has 1 unspecified atom stereocenters. The van der Waals surface area contributed by atoms with Crippen LogP contribution in [0.2, 0.25) is 5.02 Å². The average Bonchev–Trinajstić information content (AvgIpc) is 2.79. The molecule has 16 heavy (non-hydrogen) atoms. The topological polar surface area (TPSA) is 31.4 Å². The molecule has 1 aliphatic rings. The van der Waals surface area contributed by atoms with Crippen molar-refractivity contribution in [3.05, 3.63) is 28.9 Å². The summed E-state index contributed by atoms with van der Waals surface area (Å²) in [5.74, 6) is 1.09. The fourth-order valence-corrected chi connectivity index (χ4v) is 1.84. The first kappa shape index (κ1) is 11.4. The van der Waals surface area contributed by atoms with Crippen molar-refractivity contribution in [1.82, 2.24) is 4.98 Å². The van der Waals surface area contributed by atoms with Crippen LogP contribution in [0.5, 0.6) is 5.88 Å². The standard InChI is InChI=1S/C12H14ClNO2/c1-15-12-10(6-11(13)7-14-12)3-2-9-4-5-16-8-9/h2-3,6-7,9H,4-5,8H2,1H3/b3-2+. The molecular weight excluding hydrogens is 226 g/mol. The van der Waals surface area contributed by atoms with Gasteiger partial charge >= 0.3 is 0 Å². The third kappa shape index (κ3) is 2.74. The molecule has 1 aromatic rings. The predicted molar refractivity (Wildman–Crippen MR) is 63.8 cm³/mol. The Labute approximate surface area is 100 Å². The first-order valence-corrected chi connectivity index (χ1v) is 5.63. The molecule has 0 amide bonds. The fraction of sp³-hybridized carbons (Fsp3) is 0.417. The van der Waals surface area contributed by atoms with E-state index >= 15 is 0 Å². The lowest BCUT2D eigenvalue weighted by Crippen LogP contribution is -1.94. The molecule has 86 valence electrons. The summed E-state index contributed by atoms with van der Waals surface area (Å²) < 4.78 is 10.5. The summed E-state index contributed by atoms with van der Waals surface area (Å²) in [5, 5.41) is 0.614. The van der Waals surface area contributed by atoms with Crippen LogP contribution in [0.15, 0.2) is 18.3 Å². The van der Waals surface area contributed by atoms with Gasteiger partial charge in [0.1, 0.15) is 0 Å². The van der Waals surface area contributed by atoms with Crippen molar-refractivity contribution in [2.75, 3.05) is 20.3 Å². The zero-order valence-corrected chi connectivity index (χ0v) is 9.91. The maximum absolute atomic E-state index is 5.89. The van der Waals surface area contributed by atoms with Crippen LogP contribution in [0.1, 0.15) is 12.0 Å². The average molecular weight is 240 g/mol. The van der Waals surface area contributed by atoms with Crippen LogP contribution in [-0.4, -0.2) is 25.3 Å². The lowest BCUT2D eigenvalue weighted by Gasteiger charge is -2.04. The van der Waals surface area contributed by atoms with Crippen LogP contribution < -0.4 is 4.74 Å². The van der Waals surface area contributed by atoms with E-state index < -0.39 is 0 Å². The van der Waals surface area contributed by atoms with E-state index in [1.54, 1.807) is 13.3 Å². The van der Waals surface area contributed by atoms with E-state index in [0.717, 1.165) is 25.2 Å². The van der Waals surface area contributed by atoms with Gasteiger partial charge in [0.15, 0.2) is 0 Å². The Kier molecular flexibility index (Phi) is 3.80. The summed E-state index contributed by atoms with van der Waals surface area (Å²) in [4.78, 5) is 4.11. The summed E-state index contributed by atoms with van der Waals surface area (Å²) in [6.07, 6.45) is 6.78. The molecule has 1 aliphatic heterocycles. The number of hydrogen-bond acceptors (Lipinski definition) is 3. The fourth-order valence-electron chi connectivity index (χ4n) is 1.68. The van der Waals surface area contributed by atoms with Gasteiger partial charge in [0.25, 0.3) is 0 Å². The van der Waals surface area contributed by atoms with Gasteiger partial charge in [-0.25, -0.2) is 4.98 Å². The molecule has 2 rings (SSSR count). The van der Waals surface area contributed by atoms with Crippen molar-refractivity contribution in [2.45, 2.75) is 6.42 Å². The highest BCUT2D eigenvalue weighted by molar-refractivity contribution is 6.30. The molecular formula is C12H14ClNO2. The highest BCUT2D eigenvalue weighted by Gasteiger charge is 2.12. The van der Waals surface area contributed by atoms with Gasteiger partial charge in [-0.05, 0) is 12.5 Å². The van der Waals surface area contributed by atoms with Crippen LogP contribution in [0.4, 0.5) is 0 Å². The van der Waals surface area contributed by atoms with Gasteiger partial charge in [-0.3, -0.25) is 0 Å². The molecule has 0 N–H and O–H groups in total. The molecule has 1 saturated heterocycles. The molecule has 2 heterocycles. The Hall–Kier alpha value is -1.06. The minimum Gasteiger partial charge on any atom is -0.481 e. The number of methoxy groups -OCH3 is 1. The Balaban J connectivity index is 2.15. The lowest BCUT2D eigenvalue weighted by molar-refractivity contribution is 0.191. The normalized spacial score (nSPS) is 20.5. The highest BCUT2D eigenvalue weighted by atomic mass is 35.5. The van der Waals surface area contributed by atoms with Gasteiger partial charge < -0.3 is 9.47 Å². The van der Waals surface area contributed by atoms with Crippen LogP contribution in [-0.2, 0) is 4.74 Å². The van der Waals surface area contributed by atoms with Gasteiger partial charge in [0.2, 0.25) is 5.88 Å². The van der Waals surface area contributed by atoms with E-state index in [0.29, 0.717) is 16.8 Å². The minimum atomic E-state index is 0.490. The van der Waals surface area contributed by atoms with Crippen molar-refractivity contribution in [2.24, 2.45) is 5.92 Å². The third-order valence-electron chi connectivity index (χ3n) is 2.55. The molecule has 0 radical (unpaired) electrons. The molecule has 0 spiro atoms. The number of ether oxygens (including phenoxy) is 2. The minimum absolute atomic E-state index is 0.490. The Bertz CT molecular complexity index is 387. The Morgan fingerprint density at radius 2 is 2.50 bits per heavy atom.